The van der Waals surface area contributed by atoms with Crippen LogP contribution in [0.5, 0.6) is 0 Å². The number of aryl methyl sites for hydroxylation is 1. The minimum atomic E-state index is -4.57. The molecule has 0 saturated carbocycles. The molecule has 0 fully saturated rings. The van der Waals surface area contributed by atoms with Crippen LogP contribution < -0.4 is 10.9 Å². The Morgan fingerprint density at radius 2 is 2.12 bits per heavy atom. The summed E-state index contributed by atoms with van der Waals surface area (Å²) >= 11 is 0. The number of hydrogen-bond acceptors (Lipinski definition) is 3. The molecule has 1 rings (SSSR count). The van der Waals surface area contributed by atoms with E-state index < -0.39 is 18.9 Å². The van der Waals surface area contributed by atoms with Gasteiger partial charge in [0, 0.05) is 19.3 Å². The quantitative estimate of drug-likeness (QED) is 0.865. The first-order valence-corrected chi connectivity index (χ1v) is 4.45. The van der Waals surface area contributed by atoms with Gasteiger partial charge in [-0.2, -0.15) is 13.2 Å². The summed E-state index contributed by atoms with van der Waals surface area (Å²) in [6, 6.07) is 2.43. The fraction of sp³-hybridized carbons (Fsp3) is 0.333. The maximum absolute atomic E-state index is 11.7. The number of aromatic nitrogens is 1. The highest BCUT2D eigenvalue weighted by Gasteiger charge is 2.29. The molecule has 5 nitrogen and oxygen atoms in total. The number of rotatable bonds is 2. The number of pyridine rings is 1. The van der Waals surface area contributed by atoms with E-state index in [2.05, 4.69) is 10.1 Å². The fourth-order valence-electron chi connectivity index (χ4n) is 0.969. The Hall–Kier alpha value is -1.99. The third-order valence-corrected chi connectivity index (χ3v) is 1.70. The van der Waals surface area contributed by atoms with Gasteiger partial charge in [-0.3, -0.25) is 10.1 Å². The van der Waals surface area contributed by atoms with Gasteiger partial charge in [-0.1, -0.05) is 0 Å². The van der Waals surface area contributed by atoms with E-state index in [4.69, 9.17) is 0 Å². The van der Waals surface area contributed by atoms with Crippen LogP contribution in [0.3, 0.4) is 0 Å². The first kappa shape index (κ1) is 13.1. The smallest absolute Gasteiger partial charge is 0.422 e. The predicted molar refractivity (Wildman–Crippen MR) is 52.7 cm³/mol. The monoisotopic (exact) mass is 250 g/mol. The van der Waals surface area contributed by atoms with Gasteiger partial charge in [0.25, 0.3) is 0 Å². The normalized spacial score (nSPS) is 11.1. The van der Waals surface area contributed by atoms with Gasteiger partial charge in [-0.25, -0.2) is 4.79 Å². The van der Waals surface area contributed by atoms with E-state index in [9.17, 15) is 22.8 Å². The molecule has 0 atom stereocenters. The van der Waals surface area contributed by atoms with Crippen LogP contribution in [0.25, 0.3) is 0 Å². The van der Waals surface area contributed by atoms with Gasteiger partial charge in [0.2, 0.25) is 5.56 Å². The zero-order valence-corrected chi connectivity index (χ0v) is 8.75. The zero-order valence-electron chi connectivity index (χ0n) is 8.75. The number of carbonyl (C=O) groups excluding carboxylic acids is 1. The molecule has 1 amide bonds. The first-order valence-electron chi connectivity index (χ1n) is 4.45. The van der Waals surface area contributed by atoms with Crippen LogP contribution in [-0.4, -0.2) is 23.4 Å². The summed E-state index contributed by atoms with van der Waals surface area (Å²) in [6.07, 6.45) is -4.54. The molecule has 0 aromatic carbocycles. The number of nitrogens with one attached hydrogen (secondary N) is 1. The second kappa shape index (κ2) is 4.89. The Kier molecular flexibility index (Phi) is 3.77. The molecule has 1 heterocycles. The lowest BCUT2D eigenvalue weighted by Gasteiger charge is -2.09. The molecule has 1 aromatic rings. The lowest BCUT2D eigenvalue weighted by atomic mass is 10.4. The van der Waals surface area contributed by atoms with Gasteiger partial charge >= 0.3 is 12.3 Å². The summed E-state index contributed by atoms with van der Waals surface area (Å²) in [6.45, 7) is -1.66. The number of alkyl halides is 3. The van der Waals surface area contributed by atoms with Crippen molar-refractivity contribution in [2.45, 2.75) is 6.18 Å². The number of anilines is 1. The standard InChI is InChI=1S/C9H9F3N2O3/c1-14-4-6(2-3-7(14)15)13-8(16)17-5-9(10,11)12/h2-4H,5H2,1H3,(H,13,16). The van der Waals surface area contributed by atoms with Gasteiger partial charge in [-0.15, -0.1) is 0 Å². The minimum absolute atomic E-state index is 0.166. The zero-order chi connectivity index (χ0) is 13.1. The van der Waals surface area contributed by atoms with Crippen molar-refractivity contribution < 1.29 is 22.7 Å². The van der Waals surface area contributed by atoms with Crippen molar-refractivity contribution in [3.63, 3.8) is 0 Å². The van der Waals surface area contributed by atoms with E-state index >= 15 is 0 Å². The summed E-state index contributed by atoms with van der Waals surface area (Å²) in [4.78, 5) is 21.9. The van der Waals surface area contributed by atoms with Gasteiger partial charge in [0.05, 0.1) is 5.69 Å². The van der Waals surface area contributed by atoms with Crippen molar-refractivity contribution in [3.8, 4) is 0 Å². The van der Waals surface area contributed by atoms with E-state index in [0.717, 1.165) is 0 Å². The second-order valence-corrected chi connectivity index (χ2v) is 3.18. The third-order valence-electron chi connectivity index (χ3n) is 1.70. The van der Waals surface area contributed by atoms with E-state index in [1.54, 1.807) is 0 Å². The highest BCUT2D eigenvalue weighted by molar-refractivity contribution is 5.84. The van der Waals surface area contributed by atoms with Crippen LogP contribution >= 0.6 is 0 Å². The van der Waals surface area contributed by atoms with Gasteiger partial charge in [-0.05, 0) is 6.07 Å². The molecule has 17 heavy (non-hydrogen) atoms. The van der Waals surface area contributed by atoms with Crippen molar-refractivity contribution in [3.05, 3.63) is 28.7 Å². The Bertz CT molecular complexity index is 467. The van der Waals surface area contributed by atoms with Crippen LogP contribution in [0.15, 0.2) is 23.1 Å². The average Bonchev–Trinajstić information content (AvgIpc) is 2.20. The van der Waals surface area contributed by atoms with Crippen LogP contribution in [0.1, 0.15) is 0 Å². The van der Waals surface area contributed by atoms with Crippen molar-refractivity contribution in [1.82, 2.24) is 4.57 Å². The van der Waals surface area contributed by atoms with E-state index in [1.807, 2.05) is 0 Å². The van der Waals surface area contributed by atoms with Crippen molar-refractivity contribution >= 4 is 11.8 Å². The molecular formula is C9H9F3N2O3. The number of nitrogens with zero attached hydrogens (tertiary/aromatic N) is 1. The summed E-state index contributed by atoms with van der Waals surface area (Å²) in [5.41, 5.74) is -0.140. The highest BCUT2D eigenvalue weighted by Crippen LogP contribution is 2.14. The SMILES string of the molecule is Cn1cc(NC(=O)OCC(F)(F)F)ccc1=O. The number of ether oxygens (including phenoxy) is 1. The second-order valence-electron chi connectivity index (χ2n) is 3.18. The molecule has 0 aliphatic heterocycles. The fourth-order valence-corrected chi connectivity index (χ4v) is 0.969. The van der Waals surface area contributed by atoms with Crippen molar-refractivity contribution in [1.29, 1.82) is 0 Å². The van der Waals surface area contributed by atoms with Gasteiger partial charge in [0.15, 0.2) is 6.61 Å². The maximum Gasteiger partial charge on any atom is 0.422 e. The molecule has 0 saturated heterocycles. The van der Waals surface area contributed by atoms with Crippen LogP contribution in [0.4, 0.5) is 23.7 Å². The van der Waals surface area contributed by atoms with Crippen molar-refractivity contribution in [2.75, 3.05) is 11.9 Å². The van der Waals surface area contributed by atoms with E-state index in [0.29, 0.717) is 0 Å². The Morgan fingerprint density at radius 1 is 1.47 bits per heavy atom. The van der Waals surface area contributed by atoms with Crippen molar-refractivity contribution in [2.24, 2.45) is 7.05 Å². The highest BCUT2D eigenvalue weighted by atomic mass is 19.4. The van der Waals surface area contributed by atoms with E-state index in [-0.39, 0.29) is 11.2 Å². The molecule has 1 N–H and O–H groups in total. The topological polar surface area (TPSA) is 60.3 Å². The Labute approximate surface area is 93.8 Å². The van der Waals surface area contributed by atoms with Crippen LogP contribution in [0, 0.1) is 0 Å². The van der Waals surface area contributed by atoms with Crippen LogP contribution in [0.2, 0.25) is 0 Å². The molecule has 0 unspecified atom stereocenters. The molecular weight excluding hydrogens is 241 g/mol. The molecule has 0 aliphatic rings. The average molecular weight is 250 g/mol. The molecule has 0 aliphatic carbocycles. The minimum Gasteiger partial charge on any atom is -0.440 e. The number of amides is 1. The van der Waals surface area contributed by atoms with E-state index in [1.165, 1.54) is 29.9 Å². The number of halogens is 3. The Balaban J connectivity index is 2.57. The third kappa shape index (κ3) is 4.58. The largest absolute Gasteiger partial charge is 0.440 e. The first-order chi connectivity index (χ1) is 7.78. The molecule has 0 radical (unpaired) electrons. The van der Waals surface area contributed by atoms with Crippen LogP contribution in [-0.2, 0) is 11.8 Å². The molecule has 0 bridgehead atoms. The molecule has 94 valence electrons. The Morgan fingerprint density at radius 3 is 2.65 bits per heavy atom. The molecule has 0 spiro atoms. The van der Waals surface area contributed by atoms with Gasteiger partial charge in [0.1, 0.15) is 0 Å². The molecule has 8 heteroatoms. The summed E-state index contributed by atoms with van der Waals surface area (Å²) in [5.74, 6) is 0. The number of carbonyl (C=O) groups is 1. The van der Waals surface area contributed by atoms with Gasteiger partial charge < -0.3 is 9.30 Å². The predicted octanol–water partition coefficient (Wildman–Crippen LogP) is 1.50. The lowest BCUT2D eigenvalue weighted by molar-refractivity contribution is -0.159. The molecule has 1 aromatic heterocycles. The summed E-state index contributed by atoms with van der Waals surface area (Å²) in [7, 11) is 1.44. The maximum atomic E-state index is 11.7. The lowest BCUT2D eigenvalue weighted by Crippen LogP contribution is -2.24. The number of hydrogen-bond donors (Lipinski definition) is 1. The summed E-state index contributed by atoms with van der Waals surface area (Å²) < 4.78 is 40.2. The summed E-state index contributed by atoms with van der Waals surface area (Å²) in [5, 5.41) is 2.06.